The third-order valence-corrected chi connectivity index (χ3v) is 6.07. The average Bonchev–Trinajstić information content (AvgIpc) is 3.03. The maximum atomic E-state index is 12.7. The van der Waals surface area contributed by atoms with Crippen molar-refractivity contribution in [1.29, 1.82) is 0 Å². The number of carbonyl (C=O) groups excluding carboxylic acids is 6. The van der Waals surface area contributed by atoms with Crippen LogP contribution in [-0.2, 0) is 47.6 Å². The smallest absolute Gasteiger partial charge is 0.414 e. The molecule has 0 saturated carbocycles. The van der Waals surface area contributed by atoms with E-state index >= 15 is 0 Å². The zero-order chi connectivity index (χ0) is 34.2. The molecular formula is C32H38N2O12. The summed E-state index contributed by atoms with van der Waals surface area (Å²) >= 11 is 0. The lowest BCUT2D eigenvalue weighted by molar-refractivity contribution is -0.149. The first-order valence-corrected chi connectivity index (χ1v) is 14.1. The first-order chi connectivity index (χ1) is 21.8. The van der Waals surface area contributed by atoms with E-state index in [1.807, 2.05) is 0 Å². The lowest BCUT2D eigenvalue weighted by Gasteiger charge is -2.23. The maximum absolute atomic E-state index is 12.7. The van der Waals surface area contributed by atoms with Gasteiger partial charge in [0, 0.05) is 36.0 Å². The van der Waals surface area contributed by atoms with E-state index < -0.39 is 36.1 Å². The molecule has 0 radical (unpaired) electrons. The Morgan fingerprint density at radius 3 is 1.24 bits per heavy atom. The minimum atomic E-state index is -0.708. The molecule has 14 heteroatoms. The van der Waals surface area contributed by atoms with Gasteiger partial charge in [0.15, 0.2) is 0 Å². The number of anilines is 2. The average molecular weight is 643 g/mol. The summed E-state index contributed by atoms with van der Waals surface area (Å²) in [4.78, 5) is 74.3. The highest BCUT2D eigenvalue weighted by atomic mass is 16.6. The summed E-state index contributed by atoms with van der Waals surface area (Å²) < 4.78 is 30.1. The second kappa shape index (κ2) is 18.4. The van der Waals surface area contributed by atoms with Crippen LogP contribution in [0.5, 0.6) is 0 Å². The van der Waals surface area contributed by atoms with Crippen LogP contribution in [-0.4, -0.2) is 89.8 Å². The van der Waals surface area contributed by atoms with Crippen molar-refractivity contribution in [3.05, 3.63) is 60.7 Å². The largest absolute Gasteiger partial charge is 0.462 e. The van der Waals surface area contributed by atoms with Gasteiger partial charge in [0.25, 0.3) is 0 Å². The zero-order valence-electron chi connectivity index (χ0n) is 26.3. The van der Waals surface area contributed by atoms with Crippen molar-refractivity contribution in [3.8, 4) is 0 Å². The number of benzene rings is 2. The molecule has 2 aromatic rings. The van der Waals surface area contributed by atoms with Gasteiger partial charge in [-0.05, 0) is 26.0 Å². The van der Waals surface area contributed by atoms with E-state index in [0.717, 1.165) is 0 Å². The van der Waals surface area contributed by atoms with E-state index in [0.29, 0.717) is 22.1 Å². The number of hydrogen-bond donors (Lipinski definition) is 0. The van der Waals surface area contributed by atoms with Gasteiger partial charge in [-0.1, -0.05) is 37.4 Å². The van der Waals surface area contributed by atoms with Gasteiger partial charge in [-0.25, -0.2) is 19.2 Å². The predicted molar refractivity (Wildman–Crippen MR) is 166 cm³/mol. The Morgan fingerprint density at radius 2 is 0.891 bits per heavy atom. The lowest BCUT2D eigenvalue weighted by atomic mass is 10.1. The van der Waals surface area contributed by atoms with Crippen molar-refractivity contribution < 1.29 is 57.2 Å². The summed E-state index contributed by atoms with van der Waals surface area (Å²) in [6.45, 7) is 8.76. The van der Waals surface area contributed by atoms with E-state index in [1.54, 1.807) is 36.4 Å². The number of ether oxygens (including phenoxy) is 6. The number of nitrogens with zero attached hydrogens (tertiary/aromatic N) is 2. The summed E-state index contributed by atoms with van der Waals surface area (Å²) in [5.41, 5.74) is 1.41. The third-order valence-electron chi connectivity index (χ3n) is 6.07. The second-order valence-corrected chi connectivity index (χ2v) is 9.77. The first-order valence-electron chi connectivity index (χ1n) is 14.1. The minimum Gasteiger partial charge on any atom is -0.462 e. The number of rotatable bonds is 16. The number of carbonyl (C=O) groups is 6. The van der Waals surface area contributed by atoms with E-state index in [2.05, 4.69) is 13.2 Å². The van der Waals surface area contributed by atoms with Gasteiger partial charge in [0.1, 0.15) is 39.6 Å². The van der Waals surface area contributed by atoms with Crippen LogP contribution in [0.1, 0.15) is 26.7 Å². The van der Waals surface area contributed by atoms with Crippen molar-refractivity contribution in [3.63, 3.8) is 0 Å². The maximum Gasteiger partial charge on any atom is 0.414 e. The van der Waals surface area contributed by atoms with Crippen LogP contribution in [0, 0.1) is 0 Å². The highest BCUT2D eigenvalue weighted by Gasteiger charge is 2.20. The Kier molecular flexibility index (Phi) is 14.7. The first kappa shape index (κ1) is 36.8. The van der Waals surface area contributed by atoms with Crippen LogP contribution in [0.25, 0.3) is 10.8 Å². The van der Waals surface area contributed by atoms with Gasteiger partial charge >= 0.3 is 36.1 Å². The van der Waals surface area contributed by atoms with Gasteiger partial charge in [0.05, 0.1) is 24.2 Å². The molecule has 0 atom stereocenters. The molecular weight excluding hydrogens is 604 g/mol. The van der Waals surface area contributed by atoms with Crippen LogP contribution in [0.2, 0.25) is 0 Å². The van der Waals surface area contributed by atoms with Gasteiger partial charge < -0.3 is 28.4 Å². The van der Waals surface area contributed by atoms with E-state index in [1.165, 1.54) is 37.7 Å². The monoisotopic (exact) mass is 642 g/mol. The molecule has 0 unspecified atom stereocenters. The molecule has 46 heavy (non-hydrogen) atoms. The summed E-state index contributed by atoms with van der Waals surface area (Å²) in [6.07, 6.45) is -1.73. The fraction of sp³-hybridized carbons (Fsp3) is 0.375. The molecule has 0 aromatic heterocycles. The molecule has 0 fully saturated rings. The SMILES string of the molecule is C=C(C)C(=O)OCCC(=O)OCCOC(=O)N(C)c1ccc(N(C)C(=O)OCCOC(=O)CCOC(=O)C(=C)C)c2ccccc12. The Morgan fingerprint density at radius 1 is 0.543 bits per heavy atom. The van der Waals surface area contributed by atoms with Gasteiger partial charge in [-0.3, -0.25) is 19.4 Å². The molecule has 2 aromatic carbocycles. The molecule has 0 N–H and O–H groups in total. The summed E-state index contributed by atoms with van der Waals surface area (Å²) in [5, 5.41) is 1.27. The second-order valence-electron chi connectivity index (χ2n) is 9.77. The number of hydrogen-bond acceptors (Lipinski definition) is 12. The van der Waals surface area contributed by atoms with Crippen LogP contribution in [0.3, 0.4) is 0 Å². The minimum absolute atomic E-state index is 0.156. The molecule has 0 aliphatic carbocycles. The van der Waals surface area contributed by atoms with Gasteiger partial charge in [-0.15, -0.1) is 0 Å². The lowest BCUT2D eigenvalue weighted by Crippen LogP contribution is -2.30. The highest BCUT2D eigenvalue weighted by Crippen LogP contribution is 2.34. The van der Waals surface area contributed by atoms with Gasteiger partial charge in [0.2, 0.25) is 0 Å². The fourth-order valence-corrected chi connectivity index (χ4v) is 3.66. The van der Waals surface area contributed by atoms with Crippen molar-refractivity contribution in [2.45, 2.75) is 26.7 Å². The topological polar surface area (TPSA) is 164 Å². The van der Waals surface area contributed by atoms with Crippen molar-refractivity contribution in [2.24, 2.45) is 0 Å². The van der Waals surface area contributed by atoms with Crippen LogP contribution in [0.15, 0.2) is 60.7 Å². The molecule has 0 heterocycles. The molecule has 0 saturated heterocycles. The summed E-state index contributed by atoms with van der Waals surface area (Å²) in [7, 11) is 3.02. The molecule has 0 bridgehead atoms. The van der Waals surface area contributed by atoms with Crippen molar-refractivity contribution in [2.75, 3.05) is 63.5 Å². The Labute approximate surface area is 266 Å². The van der Waals surface area contributed by atoms with E-state index in [9.17, 15) is 28.8 Å². The van der Waals surface area contributed by atoms with Crippen molar-refractivity contribution in [1.82, 2.24) is 0 Å². The quantitative estimate of drug-likeness (QED) is 0.112. The summed E-state index contributed by atoms with van der Waals surface area (Å²) in [6, 6.07) is 10.4. The van der Waals surface area contributed by atoms with Crippen molar-refractivity contribution >= 4 is 58.2 Å². The normalized spacial score (nSPS) is 10.3. The standard InChI is InChI=1S/C32H38N2O12/c1-21(2)29(37)43-15-13-27(35)41-17-19-45-31(39)33(5)25-11-12-26(24-10-8-7-9-23(24)25)34(6)32(40)46-20-18-42-28(36)14-16-44-30(38)22(3)4/h7-12H,1,3,13-20H2,2,4-6H3. The Balaban J connectivity index is 1.87. The predicted octanol–water partition coefficient (Wildman–Crippen LogP) is 4.09. The third kappa shape index (κ3) is 11.6. The molecule has 2 rings (SSSR count). The summed E-state index contributed by atoms with van der Waals surface area (Å²) in [5.74, 6) is -2.46. The van der Waals surface area contributed by atoms with Crippen LogP contribution >= 0.6 is 0 Å². The molecule has 0 spiro atoms. The van der Waals surface area contributed by atoms with E-state index in [4.69, 9.17) is 28.4 Å². The molecule has 248 valence electrons. The Bertz CT molecular complexity index is 1360. The molecule has 0 aliphatic rings. The molecule has 14 nitrogen and oxygen atoms in total. The van der Waals surface area contributed by atoms with Gasteiger partial charge in [-0.2, -0.15) is 0 Å². The van der Waals surface area contributed by atoms with E-state index in [-0.39, 0.29) is 63.6 Å². The van der Waals surface area contributed by atoms with Crippen LogP contribution < -0.4 is 9.80 Å². The number of amides is 2. The van der Waals surface area contributed by atoms with Crippen LogP contribution in [0.4, 0.5) is 21.0 Å². The number of esters is 4. The highest BCUT2D eigenvalue weighted by molar-refractivity contribution is 6.09. The fourth-order valence-electron chi connectivity index (χ4n) is 3.66. The Hall–Kier alpha value is -5.40. The molecule has 0 aliphatic heterocycles. The molecule has 2 amide bonds. The zero-order valence-corrected chi connectivity index (χ0v) is 26.3. The number of fused-ring (bicyclic) bond motifs is 1.